The average Bonchev–Trinajstić information content (AvgIpc) is 2.95. The van der Waals surface area contributed by atoms with Gasteiger partial charge < -0.3 is 0 Å². The van der Waals surface area contributed by atoms with Crippen molar-refractivity contribution in [1.82, 2.24) is 10.2 Å². The van der Waals surface area contributed by atoms with Gasteiger partial charge in [-0.15, -0.1) is 10.2 Å². The number of sulfone groups is 1. The van der Waals surface area contributed by atoms with Crippen molar-refractivity contribution in [3.8, 4) is 0 Å². The molecule has 0 unspecified atom stereocenters. The first-order chi connectivity index (χ1) is 11.1. The van der Waals surface area contributed by atoms with Crippen LogP contribution in [0.1, 0.15) is 56.0 Å². The molecule has 0 aromatic carbocycles. The molecule has 0 aliphatic heterocycles. The Bertz CT molecular complexity index is 633. The number of hydrogen-bond donors (Lipinski definition) is 0. The van der Waals surface area contributed by atoms with Gasteiger partial charge in [0.2, 0.25) is 5.01 Å². The summed E-state index contributed by atoms with van der Waals surface area (Å²) in [6.45, 7) is 3.41. The normalized spacial score (nSPS) is 22.9. The number of rotatable bonds is 6. The minimum atomic E-state index is -4.42. The van der Waals surface area contributed by atoms with E-state index in [2.05, 4.69) is 10.2 Å². The van der Waals surface area contributed by atoms with Crippen LogP contribution in [0.15, 0.2) is 0 Å². The quantitative estimate of drug-likeness (QED) is 0.740. The first-order valence-corrected chi connectivity index (χ1v) is 10.7. The lowest BCUT2D eigenvalue weighted by atomic mass is 9.81. The first-order valence-electron chi connectivity index (χ1n) is 8.19. The van der Waals surface area contributed by atoms with Crippen LogP contribution in [0.25, 0.3) is 0 Å². The van der Waals surface area contributed by atoms with Crippen LogP contribution in [0.5, 0.6) is 0 Å². The van der Waals surface area contributed by atoms with Crippen molar-refractivity contribution < 1.29 is 21.6 Å². The second-order valence-electron chi connectivity index (χ2n) is 6.80. The van der Waals surface area contributed by atoms with Gasteiger partial charge in [0.05, 0.1) is 11.0 Å². The Kier molecular flexibility index (Phi) is 6.28. The van der Waals surface area contributed by atoms with Gasteiger partial charge in [0.15, 0.2) is 9.84 Å². The minimum Gasteiger partial charge on any atom is -0.229 e. The van der Waals surface area contributed by atoms with Crippen molar-refractivity contribution in [3.05, 3.63) is 10.0 Å². The van der Waals surface area contributed by atoms with Gasteiger partial charge in [0.1, 0.15) is 5.01 Å². The Morgan fingerprint density at radius 3 is 2.21 bits per heavy atom. The number of nitrogens with zero attached hydrogens (tertiary/aromatic N) is 2. The van der Waals surface area contributed by atoms with E-state index in [-0.39, 0.29) is 16.9 Å². The third-order valence-corrected chi connectivity index (χ3v) is 8.03. The molecule has 4 nitrogen and oxygen atoms in total. The molecule has 0 N–H and O–H groups in total. The van der Waals surface area contributed by atoms with Crippen LogP contribution >= 0.6 is 11.3 Å². The summed E-state index contributed by atoms with van der Waals surface area (Å²) in [5, 5.41) is 6.01. The summed E-state index contributed by atoms with van der Waals surface area (Å²) in [5.41, 5.74) is 0. The van der Waals surface area contributed by atoms with Crippen LogP contribution in [-0.4, -0.2) is 29.6 Å². The molecule has 1 aromatic rings. The van der Waals surface area contributed by atoms with Crippen molar-refractivity contribution >= 4 is 21.2 Å². The van der Waals surface area contributed by atoms with E-state index >= 15 is 0 Å². The molecule has 2 rings (SSSR count). The van der Waals surface area contributed by atoms with E-state index in [4.69, 9.17) is 0 Å². The van der Waals surface area contributed by atoms with Crippen LogP contribution in [0.2, 0.25) is 0 Å². The number of hydrogen-bond acceptors (Lipinski definition) is 5. The summed E-state index contributed by atoms with van der Waals surface area (Å²) < 4.78 is 61.4. The van der Waals surface area contributed by atoms with E-state index in [1.807, 2.05) is 0 Å². The van der Waals surface area contributed by atoms with Gasteiger partial charge in [0, 0.05) is 6.42 Å². The van der Waals surface area contributed by atoms with Crippen molar-refractivity contribution in [2.24, 2.45) is 11.8 Å². The van der Waals surface area contributed by atoms with Crippen LogP contribution in [-0.2, 0) is 22.4 Å². The highest BCUT2D eigenvalue weighted by atomic mass is 32.2. The molecular formula is C15H23F3N2O2S2. The zero-order valence-electron chi connectivity index (χ0n) is 13.8. The van der Waals surface area contributed by atoms with E-state index in [0.717, 1.165) is 32.1 Å². The second kappa shape index (κ2) is 7.68. The van der Waals surface area contributed by atoms with E-state index < -0.39 is 21.0 Å². The van der Waals surface area contributed by atoms with Gasteiger partial charge in [-0.25, -0.2) is 8.42 Å². The fourth-order valence-electron chi connectivity index (χ4n) is 3.00. The summed E-state index contributed by atoms with van der Waals surface area (Å²) >= 11 is 0.613. The van der Waals surface area contributed by atoms with Crippen molar-refractivity contribution in [1.29, 1.82) is 0 Å². The molecule has 1 aliphatic carbocycles. The van der Waals surface area contributed by atoms with Crippen LogP contribution in [0, 0.1) is 11.8 Å². The van der Waals surface area contributed by atoms with Crippen LogP contribution < -0.4 is 0 Å². The fraction of sp³-hybridized carbons (Fsp3) is 0.867. The molecule has 24 heavy (non-hydrogen) atoms. The van der Waals surface area contributed by atoms with E-state index in [1.165, 1.54) is 0 Å². The predicted octanol–water partition coefficient (Wildman–Crippen LogP) is 4.12. The molecule has 138 valence electrons. The highest BCUT2D eigenvalue weighted by Gasteiger charge is 2.35. The fourth-order valence-corrected chi connectivity index (χ4v) is 5.10. The first kappa shape index (κ1) is 19.6. The molecule has 1 aromatic heterocycles. The van der Waals surface area contributed by atoms with Crippen molar-refractivity contribution in [2.75, 3.05) is 5.75 Å². The van der Waals surface area contributed by atoms with Gasteiger partial charge in [-0.05, 0) is 44.9 Å². The maximum absolute atomic E-state index is 12.5. The Morgan fingerprint density at radius 2 is 1.71 bits per heavy atom. The number of halogens is 3. The van der Waals surface area contributed by atoms with Crippen molar-refractivity contribution in [3.63, 3.8) is 0 Å². The third kappa shape index (κ3) is 5.40. The maximum Gasteiger partial charge on any atom is 0.445 e. The van der Waals surface area contributed by atoms with Crippen molar-refractivity contribution in [2.45, 2.75) is 63.8 Å². The monoisotopic (exact) mass is 384 g/mol. The zero-order chi connectivity index (χ0) is 18.0. The van der Waals surface area contributed by atoms with Gasteiger partial charge in [-0.2, -0.15) is 13.2 Å². The number of aromatic nitrogens is 2. The highest BCUT2D eigenvalue weighted by molar-refractivity contribution is 7.91. The third-order valence-electron chi connectivity index (χ3n) is 4.63. The van der Waals surface area contributed by atoms with Crippen LogP contribution in [0.4, 0.5) is 13.2 Å². The van der Waals surface area contributed by atoms with E-state index in [0.29, 0.717) is 28.7 Å². The summed E-state index contributed by atoms with van der Waals surface area (Å²) in [6, 6.07) is 0. The SMILES string of the molecule is CC(C)S(=O)(=O)CC1CCC(CCc2nnc(C(F)(F)F)s2)CC1. The molecule has 0 amide bonds. The summed E-state index contributed by atoms with van der Waals surface area (Å²) in [6.07, 6.45) is 0.493. The average molecular weight is 384 g/mol. The van der Waals surface area contributed by atoms with Crippen LogP contribution in [0.3, 0.4) is 0 Å². The Balaban J connectivity index is 1.76. The number of aryl methyl sites for hydroxylation is 1. The molecule has 0 saturated heterocycles. The smallest absolute Gasteiger partial charge is 0.229 e. The maximum atomic E-state index is 12.5. The van der Waals surface area contributed by atoms with E-state index in [1.54, 1.807) is 13.8 Å². The molecule has 0 radical (unpaired) electrons. The summed E-state index contributed by atoms with van der Waals surface area (Å²) in [5.74, 6) is 0.899. The molecule has 0 spiro atoms. The van der Waals surface area contributed by atoms with Gasteiger partial charge in [-0.3, -0.25) is 0 Å². The van der Waals surface area contributed by atoms with Gasteiger partial charge in [-0.1, -0.05) is 24.2 Å². The Labute approximate surface area is 144 Å². The lowest BCUT2D eigenvalue weighted by Crippen LogP contribution is -2.26. The summed E-state index contributed by atoms with van der Waals surface area (Å²) in [7, 11) is -3.00. The van der Waals surface area contributed by atoms with Gasteiger partial charge >= 0.3 is 6.18 Å². The standard InChI is InChI=1S/C15H23F3N2O2S2/c1-10(2)24(21,22)9-12-5-3-11(4-6-12)7-8-13-19-20-14(23-13)15(16,17)18/h10-12H,3-9H2,1-2H3. The highest BCUT2D eigenvalue weighted by Crippen LogP contribution is 2.35. The zero-order valence-corrected chi connectivity index (χ0v) is 15.5. The molecule has 1 fully saturated rings. The lowest BCUT2D eigenvalue weighted by Gasteiger charge is -2.28. The second-order valence-corrected chi connectivity index (χ2v) is 10.5. The molecule has 0 bridgehead atoms. The molecule has 1 aliphatic rings. The topological polar surface area (TPSA) is 59.9 Å². The Hall–Kier alpha value is -0.700. The molecule has 1 heterocycles. The molecular weight excluding hydrogens is 361 g/mol. The Morgan fingerprint density at radius 1 is 1.12 bits per heavy atom. The molecule has 0 atom stereocenters. The number of alkyl halides is 3. The predicted molar refractivity (Wildman–Crippen MR) is 87.6 cm³/mol. The largest absolute Gasteiger partial charge is 0.445 e. The molecule has 9 heteroatoms. The lowest BCUT2D eigenvalue weighted by molar-refractivity contribution is -0.138. The summed E-state index contributed by atoms with van der Waals surface area (Å²) in [4.78, 5) is 0. The van der Waals surface area contributed by atoms with E-state index in [9.17, 15) is 21.6 Å². The molecule has 1 saturated carbocycles. The minimum absolute atomic E-state index is 0.215. The van der Waals surface area contributed by atoms with Gasteiger partial charge in [0.25, 0.3) is 0 Å².